The van der Waals surface area contributed by atoms with Crippen LogP contribution >= 0.6 is 11.7 Å². The first kappa shape index (κ1) is 11.8. The maximum Gasteiger partial charge on any atom is 0.103 e. The molecule has 0 aliphatic heterocycles. The highest BCUT2D eigenvalue weighted by molar-refractivity contribution is 6.99. The lowest BCUT2D eigenvalue weighted by Gasteiger charge is -2.26. The number of aromatic nitrogens is 2. The number of aliphatic hydroxyl groups is 1. The molecular weight excluding hydrogens is 244 g/mol. The van der Waals surface area contributed by atoms with Crippen LogP contribution in [0.25, 0.3) is 0 Å². The third kappa shape index (κ3) is 2.31. The Hall–Kier alpha value is -1.26. The Labute approximate surface area is 111 Å². The molecule has 1 aliphatic rings. The van der Waals surface area contributed by atoms with Crippen LogP contribution < -0.4 is 0 Å². The van der Waals surface area contributed by atoms with Crippen molar-refractivity contribution in [1.29, 1.82) is 0 Å². The van der Waals surface area contributed by atoms with Crippen molar-refractivity contribution in [1.82, 2.24) is 8.75 Å². The fourth-order valence-corrected chi connectivity index (χ4v) is 3.27. The standard InChI is InChI=1S/C14H16N2OS/c17-14(13-9-15-18-16-13)8-11-6-3-5-10-4-1-2-7-12(10)11/h1-2,4,7,9,11,14,17H,3,5-6,8H2. The monoisotopic (exact) mass is 260 g/mol. The van der Waals surface area contributed by atoms with Gasteiger partial charge in [0.2, 0.25) is 0 Å². The molecule has 0 spiro atoms. The summed E-state index contributed by atoms with van der Waals surface area (Å²) in [4.78, 5) is 0. The molecule has 0 bridgehead atoms. The van der Waals surface area contributed by atoms with Crippen LogP contribution in [0.5, 0.6) is 0 Å². The lowest BCUT2D eigenvalue weighted by Crippen LogP contribution is -2.13. The van der Waals surface area contributed by atoms with Gasteiger partial charge in [-0.1, -0.05) is 24.3 Å². The predicted octanol–water partition coefficient (Wildman–Crippen LogP) is 3.08. The molecule has 1 aromatic heterocycles. The number of rotatable bonds is 3. The minimum Gasteiger partial charge on any atom is -0.387 e. The fraction of sp³-hybridized carbons (Fsp3) is 0.429. The van der Waals surface area contributed by atoms with Crippen molar-refractivity contribution in [2.24, 2.45) is 0 Å². The summed E-state index contributed by atoms with van der Waals surface area (Å²) in [5.41, 5.74) is 3.56. The summed E-state index contributed by atoms with van der Waals surface area (Å²) in [6.45, 7) is 0. The maximum atomic E-state index is 10.2. The van der Waals surface area contributed by atoms with E-state index in [-0.39, 0.29) is 0 Å². The fourth-order valence-electron chi connectivity index (χ4n) is 2.81. The van der Waals surface area contributed by atoms with Crippen molar-refractivity contribution in [3.8, 4) is 0 Å². The van der Waals surface area contributed by atoms with Gasteiger partial charge in [-0.25, -0.2) is 0 Å². The molecule has 1 N–H and O–H groups in total. The first-order chi connectivity index (χ1) is 8.84. The Morgan fingerprint density at radius 2 is 2.28 bits per heavy atom. The van der Waals surface area contributed by atoms with E-state index >= 15 is 0 Å². The Morgan fingerprint density at radius 3 is 3.11 bits per heavy atom. The maximum absolute atomic E-state index is 10.2. The lowest BCUT2D eigenvalue weighted by atomic mass is 9.80. The molecule has 1 heterocycles. The van der Waals surface area contributed by atoms with Gasteiger partial charge in [0.1, 0.15) is 5.69 Å². The van der Waals surface area contributed by atoms with Crippen molar-refractivity contribution in [3.63, 3.8) is 0 Å². The van der Waals surface area contributed by atoms with E-state index in [2.05, 4.69) is 33.0 Å². The molecule has 2 atom stereocenters. The number of benzene rings is 1. The van der Waals surface area contributed by atoms with Crippen LogP contribution in [0.2, 0.25) is 0 Å². The second-order valence-corrected chi connectivity index (χ2v) is 5.43. The zero-order valence-corrected chi connectivity index (χ0v) is 10.9. The normalized spacial score (nSPS) is 20.4. The summed E-state index contributed by atoms with van der Waals surface area (Å²) < 4.78 is 8.07. The van der Waals surface area contributed by atoms with E-state index in [9.17, 15) is 5.11 Å². The summed E-state index contributed by atoms with van der Waals surface area (Å²) in [5, 5.41) is 10.2. The Kier molecular flexibility index (Phi) is 3.39. The molecular formula is C14H16N2OS. The molecule has 2 unspecified atom stereocenters. The van der Waals surface area contributed by atoms with Crippen molar-refractivity contribution in [2.75, 3.05) is 0 Å². The summed E-state index contributed by atoms with van der Waals surface area (Å²) >= 11 is 1.16. The highest BCUT2D eigenvalue weighted by Crippen LogP contribution is 2.37. The van der Waals surface area contributed by atoms with Gasteiger partial charge in [0.25, 0.3) is 0 Å². The van der Waals surface area contributed by atoms with Crippen LogP contribution in [0.15, 0.2) is 30.5 Å². The molecule has 18 heavy (non-hydrogen) atoms. The van der Waals surface area contributed by atoms with E-state index in [1.165, 1.54) is 24.0 Å². The van der Waals surface area contributed by atoms with Crippen molar-refractivity contribution < 1.29 is 5.11 Å². The zero-order valence-electron chi connectivity index (χ0n) is 10.1. The Morgan fingerprint density at radius 1 is 1.39 bits per heavy atom. The van der Waals surface area contributed by atoms with Crippen LogP contribution in [0.1, 0.15) is 48.1 Å². The van der Waals surface area contributed by atoms with Gasteiger partial charge in [-0.2, -0.15) is 8.75 Å². The van der Waals surface area contributed by atoms with Crippen molar-refractivity contribution in [3.05, 3.63) is 47.3 Å². The van der Waals surface area contributed by atoms with E-state index < -0.39 is 6.10 Å². The molecule has 94 valence electrons. The van der Waals surface area contributed by atoms with Crippen molar-refractivity contribution >= 4 is 11.7 Å². The minimum atomic E-state index is -0.486. The van der Waals surface area contributed by atoms with Gasteiger partial charge in [-0.3, -0.25) is 0 Å². The van der Waals surface area contributed by atoms with Gasteiger partial charge < -0.3 is 5.11 Å². The van der Waals surface area contributed by atoms with Gasteiger partial charge >= 0.3 is 0 Å². The van der Waals surface area contributed by atoms with Gasteiger partial charge in [-0.15, -0.1) is 0 Å². The third-order valence-corrected chi connectivity index (χ3v) is 4.21. The topological polar surface area (TPSA) is 46.0 Å². The molecule has 1 aromatic carbocycles. The van der Waals surface area contributed by atoms with Crippen LogP contribution in [-0.4, -0.2) is 13.9 Å². The summed E-state index contributed by atoms with van der Waals surface area (Å²) in [6.07, 6.45) is 5.47. The van der Waals surface area contributed by atoms with Crippen LogP contribution in [0, 0.1) is 0 Å². The molecule has 1 aliphatic carbocycles. The van der Waals surface area contributed by atoms with Crippen molar-refractivity contribution in [2.45, 2.75) is 37.7 Å². The van der Waals surface area contributed by atoms with Gasteiger partial charge in [0.15, 0.2) is 0 Å². The average Bonchev–Trinajstić information content (AvgIpc) is 2.93. The Bertz CT molecular complexity index is 512. The lowest BCUT2D eigenvalue weighted by molar-refractivity contribution is 0.150. The number of aryl methyl sites for hydroxylation is 1. The molecule has 3 rings (SSSR count). The smallest absolute Gasteiger partial charge is 0.103 e. The van der Waals surface area contributed by atoms with Gasteiger partial charge in [0, 0.05) is 0 Å². The number of fused-ring (bicyclic) bond motifs is 1. The summed E-state index contributed by atoms with van der Waals surface area (Å²) in [7, 11) is 0. The average molecular weight is 260 g/mol. The molecule has 0 saturated heterocycles. The van der Waals surface area contributed by atoms with Crippen LogP contribution in [-0.2, 0) is 6.42 Å². The quantitative estimate of drug-likeness (QED) is 0.922. The second-order valence-electron chi connectivity index (χ2n) is 4.87. The first-order valence-corrected chi connectivity index (χ1v) is 7.11. The molecule has 0 amide bonds. The minimum absolute atomic E-state index is 0.451. The Balaban J connectivity index is 1.78. The van der Waals surface area contributed by atoms with E-state index in [1.807, 2.05) is 0 Å². The molecule has 4 heteroatoms. The van der Waals surface area contributed by atoms with Crippen LogP contribution in [0.4, 0.5) is 0 Å². The van der Waals surface area contributed by atoms with Crippen LogP contribution in [0.3, 0.4) is 0 Å². The summed E-state index contributed by atoms with van der Waals surface area (Å²) in [6, 6.07) is 8.60. The molecule has 0 saturated carbocycles. The highest BCUT2D eigenvalue weighted by atomic mass is 32.1. The molecule has 0 fully saturated rings. The number of hydrogen-bond donors (Lipinski definition) is 1. The molecule has 0 radical (unpaired) electrons. The second kappa shape index (κ2) is 5.16. The zero-order chi connectivity index (χ0) is 12.4. The number of hydrogen-bond acceptors (Lipinski definition) is 4. The SMILES string of the molecule is OC(CC1CCCc2ccccc21)c1cnsn1. The molecule has 3 nitrogen and oxygen atoms in total. The largest absolute Gasteiger partial charge is 0.387 e. The first-order valence-electron chi connectivity index (χ1n) is 6.38. The van der Waals surface area contributed by atoms with Gasteiger partial charge in [-0.05, 0) is 42.7 Å². The van der Waals surface area contributed by atoms with E-state index in [0.29, 0.717) is 11.6 Å². The summed E-state index contributed by atoms with van der Waals surface area (Å²) in [5.74, 6) is 0.451. The van der Waals surface area contributed by atoms with E-state index in [0.717, 1.165) is 24.6 Å². The van der Waals surface area contributed by atoms with Gasteiger partial charge in [0.05, 0.1) is 24.0 Å². The number of nitrogens with zero attached hydrogens (tertiary/aromatic N) is 2. The van der Waals surface area contributed by atoms with E-state index in [4.69, 9.17) is 0 Å². The molecule has 2 aromatic rings. The number of aliphatic hydroxyl groups excluding tert-OH is 1. The highest BCUT2D eigenvalue weighted by Gasteiger charge is 2.23. The predicted molar refractivity (Wildman–Crippen MR) is 71.6 cm³/mol. The third-order valence-electron chi connectivity index (χ3n) is 3.72. The van der Waals surface area contributed by atoms with E-state index in [1.54, 1.807) is 6.20 Å².